The largest absolute Gasteiger partial charge is 0.330 e. The van der Waals surface area contributed by atoms with Crippen LogP contribution < -0.4 is 4.90 Å². The summed E-state index contributed by atoms with van der Waals surface area (Å²) in [6.07, 6.45) is 3.84. The third-order valence-electron chi connectivity index (χ3n) is 4.50. The standard InChI is InChI=1S/C16H18F2N2OS.C2H6/c1-15(17,18)20-13(21)16(10-6-3-7-11-16)19(14(20)22)12-8-4-2-5-9-12;1-2/h2,4-5,8-9H,3,6-7,10-11H2,1H3;1-2H3. The number of amides is 1. The van der Waals surface area contributed by atoms with Crippen LogP contribution in [0.2, 0.25) is 0 Å². The van der Waals surface area contributed by atoms with E-state index in [1.54, 1.807) is 4.90 Å². The maximum absolute atomic E-state index is 13.9. The number of thiocarbonyl (C=S) groups is 1. The molecule has 6 heteroatoms. The molecule has 1 amide bonds. The van der Waals surface area contributed by atoms with Crippen molar-refractivity contribution in [1.82, 2.24) is 4.90 Å². The molecule has 0 unspecified atom stereocenters. The van der Waals surface area contributed by atoms with Crippen LogP contribution in [-0.4, -0.2) is 27.5 Å². The van der Waals surface area contributed by atoms with Crippen molar-refractivity contribution in [2.75, 3.05) is 4.90 Å². The Labute approximate surface area is 147 Å². The summed E-state index contributed by atoms with van der Waals surface area (Å²) < 4.78 is 27.9. The second-order valence-corrected chi connectivity index (χ2v) is 6.39. The lowest BCUT2D eigenvalue weighted by Crippen LogP contribution is -2.51. The van der Waals surface area contributed by atoms with Crippen LogP contribution in [0.15, 0.2) is 30.3 Å². The van der Waals surface area contributed by atoms with Gasteiger partial charge in [0.2, 0.25) is 0 Å². The van der Waals surface area contributed by atoms with E-state index in [1.807, 2.05) is 44.2 Å². The minimum absolute atomic E-state index is 0.0920. The lowest BCUT2D eigenvalue weighted by molar-refractivity contribution is -0.154. The predicted molar refractivity (Wildman–Crippen MR) is 96.2 cm³/mol. The SMILES string of the molecule is CC.CC(F)(F)N1C(=O)C2(CCCCC2)N(c2ccccc2)C1=S. The molecular formula is C18H24F2N2OS. The smallest absolute Gasteiger partial charge is 0.303 e. The van der Waals surface area contributed by atoms with Gasteiger partial charge in [0, 0.05) is 12.6 Å². The van der Waals surface area contributed by atoms with Crippen molar-refractivity contribution < 1.29 is 13.6 Å². The van der Waals surface area contributed by atoms with Gasteiger partial charge in [0.05, 0.1) is 0 Å². The Bertz CT molecular complexity index is 595. The average molecular weight is 354 g/mol. The Morgan fingerprint density at radius 1 is 1.08 bits per heavy atom. The Balaban J connectivity index is 0.00000100. The number of anilines is 1. The quantitative estimate of drug-likeness (QED) is 0.554. The van der Waals surface area contributed by atoms with Crippen molar-refractivity contribution in [3.8, 4) is 0 Å². The molecule has 0 N–H and O–H groups in total. The molecule has 2 aliphatic rings. The average Bonchev–Trinajstić information content (AvgIpc) is 2.78. The highest BCUT2D eigenvalue weighted by Crippen LogP contribution is 2.45. The molecule has 1 aromatic rings. The van der Waals surface area contributed by atoms with Gasteiger partial charge in [0.25, 0.3) is 5.91 Å². The summed E-state index contributed by atoms with van der Waals surface area (Å²) in [6, 6.07) is 5.84. The van der Waals surface area contributed by atoms with Gasteiger partial charge in [-0.25, -0.2) is 4.90 Å². The third-order valence-corrected chi connectivity index (χ3v) is 4.86. The van der Waals surface area contributed by atoms with E-state index in [0.29, 0.717) is 23.4 Å². The number of halogens is 2. The van der Waals surface area contributed by atoms with Crippen molar-refractivity contribution in [2.45, 2.75) is 64.5 Å². The molecule has 0 bridgehead atoms. The summed E-state index contributed by atoms with van der Waals surface area (Å²) in [7, 11) is 0. The summed E-state index contributed by atoms with van der Waals surface area (Å²) in [4.78, 5) is 15.0. The number of rotatable bonds is 2. The van der Waals surface area contributed by atoms with E-state index < -0.39 is 17.5 Å². The van der Waals surface area contributed by atoms with E-state index in [4.69, 9.17) is 12.2 Å². The maximum atomic E-state index is 13.9. The van der Waals surface area contributed by atoms with Crippen LogP contribution in [0.25, 0.3) is 0 Å². The van der Waals surface area contributed by atoms with Crippen molar-refractivity contribution in [2.24, 2.45) is 0 Å². The van der Waals surface area contributed by atoms with Crippen molar-refractivity contribution in [3.63, 3.8) is 0 Å². The molecule has 0 aromatic heterocycles. The summed E-state index contributed by atoms with van der Waals surface area (Å²) in [6.45, 7) is 4.72. The normalized spacial score (nSPS) is 20.2. The highest BCUT2D eigenvalue weighted by Gasteiger charge is 2.60. The zero-order valence-electron chi connectivity index (χ0n) is 14.4. The summed E-state index contributed by atoms with van der Waals surface area (Å²) >= 11 is 5.27. The molecule has 1 saturated carbocycles. The highest BCUT2D eigenvalue weighted by atomic mass is 32.1. The summed E-state index contributed by atoms with van der Waals surface area (Å²) in [5.74, 6) is -0.562. The molecule has 0 atom stereocenters. The van der Waals surface area contributed by atoms with E-state index in [2.05, 4.69) is 0 Å². The Kier molecular flexibility index (Phi) is 5.58. The number of carbonyl (C=O) groups excluding carboxylic acids is 1. The molecule has 1 aromatic carbocycles. The van der Waals surface area contributed by atoms with Crippen LogP contribution in [0.3, 0.4) is 0 Å². The van der Waals surface area contributed by atoms with E-state index in [1.165, 1.54) is 0 Å². The van der Waals surface area contributed by atoms with Crippen LogP contribution in [0, 0.1) is 0 Å². The van der Waals surface area contributed by atoms with E-state index in [-0.39, 0.29) is 5.11 Å². The number of nitrogens with zero attached hydrogens (tertiary/aromatic N) is 2. The Hall–Kier alpha value is -1.56. The second kappa shape index (κ2) is 7.13. The molecule has 3 nitrogen and oxygen atoms in total. The monoisotopic (exact) mass is 354 g/mol. The van der Waals surface area contributed by atoms with Gasteiger partial charge >= 0.3 is 6.05 Å². The molecule has 1 saturated heterocycles. The molecule has 1 heterocycles. The van der Waals surface area contributed by atoms with Crippen LogP contribution in [0.5, 0.6) is 0 Å². The molecule has 3 rings (SSSR count). The number of benzene rings is 1. The van der Waals surface area contributed by atoms with Gasteiger partial charge in [-0.15, -0.1) is 0 Å². The fourth-order valence-corrected chi connectivity index (χ4v) is 4.05. The molecule has 132 valence electrons. The van der Waals surface area contributed by atoms with Crippen molar-refractivity contribution >= 4 is 28.9 Å². The van der Waals surface area contributed by atoms with Crippen LogP contribution in [0.4, 0.5) is 14.5 Å². The third kappa shape index (κ3) is 3.04. The molecule has 1 spiro atoms. The number of para-hydroxylation sites is 1. The van der Waals surface area contributed by atoms with E-state index in [0.717, 1.165) is 26.2 Å². The number of hydrogen-bond acceptors (Lipinski definition) is 2. The number of carbonyl (C=O) groups is 1. The fraction of sp³-hybridized carbons (Fsp3) is 0.556. The van der Waals surface area contributed by atoms with Crippen molar-refractivity contribution in [3.05, 3.63) is 30.3 Å². The highest BCUT2D eigenvalue weighted by molar-refractivity contribution is 7.80. The van der Waals surface area contributed by atoms with Gasteiger partial charge in [0.15, 0.2) is 5.11 Å². The molecular weight excluding hydrogens is 330 g/mol. The predicted octanol–water partition coefficient (Wildman–Crippen LogP) is 4.96. The van der Waals surface area contributed by atoms with Gasteiger partial charge < -0.3 is 4.90 Å². The first-order valence-electron chi connectivity index (χ1n) is 8.50. The minimum Gasteiger partial charge on any atom is -0.303 e. The number of hydrogen-bond donors (Lipinski definition) is 0. The first-order valence-corrected chi connectivity index (χ1v) is 8.90. The van der Waals surface area contributed by atoms with E-state index >= 15 is 0 Å². The molecule has 24 heavy (non-hydrogen) atoms. The minimum atomic E-state index is -3.29. The zero-order valence-corrected chi connectivity index (χ0v) is 15.2. The summed E-state index contributed by atoms with van der Waals surface area (Å²) in [5, 5.41) is -0.0920. The van der Waals surface area contributed by atoms with Gasteiger partial charge in [-0.3, -0.25) is 4.79 Å². The Morgan fingerprint density at radius 2 is 1.62 bits per heavy atom. The summed E-state index contributed by atoms with van der Waals surface area (Å²) in [5.41, 5.74) is -0.245. The topological polar surface area (TPSA) is 23.6 Å². The van der Waals surface area contributed by atoms with Gasteiger partial charge in [-0.1, -0.05) is 51.3 Å². The molecule has 0 radical (unpaired) electrons. The van der Waals surface area contributed by atoms with Gasteiger partial charge in [-0.05, 0) is 37.2 Å². The first kappa shape index (κ1) is 18.8. The van der Waals surface area contributed by atoms with Crippen LogP contribution in [-0.2, 0) is 4.79 Å². The van der Waals surface area contributed by atoms with Gasteiger partial charge in [-0.2, -0.15) is 8.78 Å². The second-order valence-electron chi connectivity index (χ2n) is 6.03. The molecule has 1 aliphatic carbocycles. The molecule has 1 aliphatic heterocycles. The first-order chi connectivity index (χ1) is 11.4. The number of alkyl halides is 2. The van der Waals surface area contributed by atoms with Gasteiger partial charge in [0.1, 0.15) is 5.54 Å². The zero-order chi connectivity index (χ0) is 18.0. The van der Waals surface area contributed by atoms with E-state index in [9.17, 15) is 13.6 Å². The fourth-order valence-electron chi connectivity index (χ4n) is 3.53. The Morgan fingerprint density at radius 3 is 2.12 bits per heavy atom. The maximum Gasteiger partial charge on any atom is 0.330 e. The lowest BCUT2D eigenvalue weighted by atomic mass is 9.80. The van der Waals surface area contributed by atoms with Crippen LogP contribution in [0.1, 0.15) is 52.9 Å². The van der Waals surface area contributed by atoms with Crippen molar-refractivity contribution in [1.29, 1.82) is 0 Å². The molecule has 2 fully saturated rings. The lowest BCUT2D eigenvalue weighted by Gasteiger charge is -2.39. The van der Waals surface area contributed by atoms with Crippen LogP contribution >= 0.6 is 12.2 Å².